The highest BCUT2D eigenvalue weighted by molar-refractivity contribution is 5.84. The van der Waals surface area contributed by atoms with Crippen molar-refractivity contribution in [2.24, 2.45) is 0 Å². The van der Waals surface area contributed by atoms with Gasteiger partial charge in [0, 0.05) is 5.56 Å². The molecular formula is C11H8N2O. The molecule has 0 bridgehead atoms. The van der Waals surface area contributed by atoms with Crippen molar-refractivity contribution < 1.29 is 4.42 Å². The monoisotopic (exact) mass is 184 g/mol. The predicted molar refractivity (Wildman–Crippen MR) is 54.8 cm³/mol. The summed E-state index contributed by atoms with van der Waals surface area (Å²) < 4.78 is 5.00. The predicted octanol–water partition coefficient (Wildman–Crippen LogP) is 3.08. The molecular weight excluding hydrogens is 176 g/mol. The lowest BCUT2D eigenvalue weighted by Gasteiger charge is -1.95. The molecule has 0 fully saturated rings. The molecule has 68 valence electrons. The quantitative estimate of drug-likeness (QED) is 0.692. The summed E-state index contributed by atoms with van der Waals surface area (Å²) in [7, 11) is 0. The van der Waals surface area contributed by atoms with Crippen molar-refractivity contribution in [2.75, 3.05) is 5.73 Å². The summed E-state index contributed by atoms with van der Waals surface area (Å²) in [6, 6.07) is 9.57. The number of nitrogens with two attached hydrogens (primary N) is 1. The van der Waals surface area contributed by atoms with Crippen molar-refractivity contribution in [1.82, 2.24) is 0 Å². The number of nitrogens with zero attached hydrogens (tertiary/aromatic N) is 1. The van der Waals surface area contributed by atoms with Crippen LogP contribution in [0.3, 0.4) is 0 Å². The third-order valence-corrected chi connectivity index (χ3v) is 1.99. The minimum absolute atomic E-state index is 0.179. The summed E-state index contributed by atoms with van der Waals surface area (Å²) in [5.41, 5.74) is 7.59. The number of nitrogen functional groups attached to an aromatic ring is 1. The molecule has 1 heterocycles. The lowest BCUT2D eigenvalue weighted by atomic mass is 10.1. The molecule has 14 heavy (non-hydrogen) atoms. The standard InChI is InChI=1S/C11H8N2O/c1-13-10-9(7-14-11(10)12)8-5-3-2-4-6-8/h2-7H,12H2. The second-order valence-electron chi connectivity index (χ2n) is 2.84. The van der Waals surface area contributed by atoms with Crippen LogP contribution in [0.2, 0.25) is 0 Å². The van der Waals surface area contributed by atoms with E-state index < -0.39 is 0 Å². The average Bonchev–Trinajstić information content (AvgIpc) is 2.61. The van der Waals surface area contributed by atoms with Gasteiger partial charge in [-0.1, -0.05) is 30.3 Å². The molecule has 1 aromatic carbocycles. The molecule has 0 aliphatic heterocycles. The number of hydrogen-bond acceptors (Lipinski definition) is 2. The van der Waals surface area contributed by atoms with E-state index in [0.717, 1.165) is 11.1 Å². The van der Waals surface area contributed by atoms with Gasteiger partial charge in [0.15, 0.2) is 5.88 Å². The average molecular weight is 184 g/mol. The molecule has 3 heteroatoms. The van der Waals surface area contributed by atoms with Gasteiger partial charge in [-0.25, -0.2) is 4.85 Å². The molecule has 2 N–H and O–H groups in total. The van der Waals surface area contributed by atoms with E-state index in [1.165, 1.54) is 6.26 Å². The first kappa shape index (κ1) is 8.39. The largest absolute Gasteiger partial charge is 0.460 e. The molecule has 0 amide bonds. The summed E-state index contributed by atoms with van der Waals surface area (Å²) in [6.45, 7) is 6.98. The van der Waals surface area contributed by atoms with Crippen LogP contribution in [0.1, 0.15) is 0 Å². The van der Waals surface area contributed by atoms with Gasteiger partial charge in [-0.3, -0.25) is 0 Å². The van der Waals surface area contributed by atoms with Crippen LogP contribution in [0.5, 0.6) is 0 Å². The Labute approximate surface area is 81.6 Å². The normalized spacial score (nSPS) is 9.64. The zero-order valence-corrected chi connectivity index (χ0v) is 7.40. The van der Waals surface area contributed by atoms with E-state index in [1.54, 1.807) is 0 Å². The van der Waals surface area contributed by atoms with Crippen molar-refractivity contribution in [3.05, 3.63) is 48.0 Å². The zero-order chi connectivity index (χ0) is 9.97. The molecule has 0 saturated heterocycles. The maximum atomic E-state index is 6.98. The second-order valence-corrected chi connectivity index (χ2v) is 2.84. The van der Waals surface area contributed by atoms with Crippen molar-refractivity contribution >= 4 is 11.6 Å². The van der Waals surface area contributed by atoms with E-state index >= 15 is 0 Å². The van der Waals surface area contributed by atoms with Gasteiger partial charge in [0.25, 0.3) is 5.69 Å². The van der Waals surface area contributed by atoms with Gasteiger partial charge >= 0.3 is 0 Å². The molecule has 2 rings (SSSR count). The van der Waals surface area contributed by atoms with Crippen LogP contribution in [-0.2, 0) is 0 Å². The first-order chi connectivity index (χ1) is 6.83. The number of rotatable bonds is 1. The van der Waals surface area contributed by atoms with E-state index in [4.69, 9.17) is 16.7 Å². The van der Waals surface area contributed by atoms with Gasteiger partial charge < -0.3 is 10.2 Å². The first-order valence-corrected chi connectivity index (χ1v) is 4.13. The van der Waals surface area contributed by atoms with Crippen LogP contribution in [0, 0.1) is 6.57 Å². The van der Waals surface area contributed by atoms with Crippen LogP contribution in [0.15, 0.2) is 41.0 Å². The van der Waals surface area contributed by atoms with Crippen LogP contribution in [-0.4, -0.2) is 0 Å². The van der Waals surface area contributed by atoms with Crippen molar-refractivity contribution in [3.8, 4) is 11.1 Å². The van der Waals surface area contributed by atoms with Gasteiger partial charge in [0.1, 0.15) is 0 Å². The van der Waals surface area contributed by atoms with Crippen LogP contribution < -0.4 is 5.73 Å². The fourth-order valence-electron chi connectivity index (χ4n) is 1.30. The molecule has 0 aliphatic carbocycles. The van der Waals surface area contributed by atoms with Crippen molar-refractivity contribution in [2.45, 2.75) is 0 Å². The highest BCUT2D eigenvalue weighted by atomic mass is 16.3. The number of benzene rings is 1. The first-order valence-electron chi connectivity index (χ1n) is 4.13. The fourth-order valence-corrected chi connectivity index (χ4v) is 1.30. The molecule has 0 saturated carbocycles. The Morgan fingerprint density at radius 3 is 2.57 bits per heavy atom. The number of anilines is 1. The van der Waals surface area contributed by atoms with E-state index in [1.807, 2.05) is 30.3 Å². The van der Waals surface area contributed by atoms with Crippen LogP contribution >= 0.6 is 0 Å². The van der Waals surface area contributed by atoms with Gasteiger partial charge in [-0.2, -0.15) is 0 Å². The molecule has 0 spiro atoms. The molecule has 0 aliphatic rings. The van der Waals surface area contributed by atoms with E-state index in [0.29, 0.717) is 5.69 Å². The maximum absolute atomic E-state index is 6.98. The Morgan fingerprint density at radius 2 is 1.93 bits per heavy atom. The van der Waals surface area contributed by atoms with Gasteiger partial charge in [0.05, 0.1) is 12.8 Å². The summed E-state index contributed by atoms with van der Waals surface area (Å²) in [4.78, 5) is 3.34. The number of furan rings is 1. The third kappa shape index (κ3) is 1.23. The minimum atomic E-state index is 0.179. The molecule has 3 nitrogen and oxygen atoms in total. The van der Waals surface area contributed by atoms with Gasteiger partial charge in [-0.15, -0.1) is 0 Å². The van der Waals surface area contributed by atoms with Gasteiger partial charge in [0.2, 0.25) is 0 Å². The summed E-state index contributed by atoms with van der Waals surface area (Å²) in [5.74, 6) is 0.179. The minimum Gasteiger partial charge on any atom is -0.460 e. The van der Waals surface area contributed by atoms with Crippen molar-refractivity contribution in [3.63, 3.8) is 0 Å². The fraction of sp³-hybridized carbons (Fsp3) is 0. The Hall–Kier alpha value is -2.21. The maximum Gasteiger partial charge on any atom is 0.255 e. The van der Waals surface area contributed by atoms with E-state index in [2.05, 4.69) is 4.85 Å². The molecule has 1 aromatic heterocycles. The highest BCUT2D eigenvalue weighted by Crippen LogP contribution is 2.36. The van der Waals surface area contributed by atoms with Crippen LogP contribution in [0.25, 0.3) is 16.0 Å². The topological polar surface area (TPSA) is 43.5 Å². The third-order valence-electron chi connectivity index (χ3n) is 1.99. The smallest absolute Gasteiger partial charge is 0.255 e. The second kappa shape index (κ2) is 3.27. The SMILES string of the molecule is [C-]#[N+]c1c(-c2ccccc2)coc1N. The van der Waals surface area contributed by atoms with Crippen molar-refractivity contribution in [1.29, 1.82) is 0 Å². The highest BCUT2D eigenvalue weighted by Gasteiger charge is 2.11. The molecule has 0 radical (unpaired) electrons. The van der Waals surface area contributed by atoms with E-state index in [9.17, 15) is 0 Å². The lowest BCUT2D eigenvalue weighted by Crippen LogP contribution is -1.79. The lowest BCUT2D eigenvalue weighted by molar-refractivity contribution is 0.589. The van der Waals surface area contributed by atoms with E-state index in [-0.39, 0.29) is 5.88 Å². The summed E-state index contributed by atoms with van der Waals surface area (Å²) in [6.07, 6.45) is 1.51. The number of hydrogen-bond donors (Lipinski definition) is 1. The Morgan fingerprint density at radius 1 is 1.21 bits per heavy atom. The zero-order valence-electron chi connectivity index (χ0n) is 7.40. The Bertz CT molecular complexity index is 480. The molecule has 2 aromatic rings. The van der Waals surface area contributed by atoms with Gasteiger partial charge in [-0.05, 0) is 5.56 Å². The summed E-state index contributed by atoms with van der Waals surface area (Å²) in [5, 5.41) is 0. The summed E-state index contributed by atoms with van der Waals surface area (Å²) >= 11 is 0. The van der Waals surface area contributed by atoms with Crippen LogP contribution in [0.4, 0.5) is 11.6 Å². The Balaban J connectivity index is 2.59. The molecule has 0 atom stereocenters. The molecule has 0 unspecified atom stereocenters. The Kier molecular flexibility index (Phi) is 1.96.